The Labute approximate surface area is 322 Å². The van der Waals surface area contributed by atoms with E-state index in [1.54, 1.807) is 0 Å². The maximum atomic E-state index is 6.69. The number of allylic oxidation sites excluding steroid dienone is 11. The predicted octanol–water partition coefficient (Wildman–Crippen LogP) is 10.4. The molecule has 4 nitrogen and oxygen atoms in total. The SMILES string of the molecule is CC1(C)C2=C(CCC(c3nc(-n4c5c(c6cc(C7=C8OC9=C(C=CCC9)C8CC=C7)ccc64)-c4ccccc4CC5)nc4c3=CCCC=4)=C2)c2ccccc21. The Morgan fingerprint density at radius 1 is 0.800 bits per heavy atom. The van der Waals surface area contributed by atoms with Crippen molar-refractivity contribution < 1.29 is 4.74 Å². The van der Waals surface area contributed by atoms with Crippen LogP contribution in [0.15, 0.2) is 120 Å². The quantitative estimate of drug-likeness (QED) is 0.187. The number of rotatable bonds is 3. The summed E-state index contributed by atoms with van der Waals surface area (Å²) in [6, 6.07) is 25.1. The van der Waals surface area contributed by atoms with Gasteiger partial charge >= 0.3 is 0 Å². The number of aromatic nitrogens is 3. The second-order valence-electron chi connectivity index (χ2n) is 16.8. The summed E-state index contributed by atoms with van der Waals surface area (Å²) in [7, 11) is 0. The summed E-state index contributed by atoms with van der Waals surface area (Å²) in [5, 5.41) is 3.53. The zero-order chi connectivity index (χ0) is 36.4. The van der Waals surface area contributed by atoms with Gasteiger partial charge in [-0.15, -0.1) is 0 Å². The van der Waals surface area contributed by atoms with Crippen molar-refractivity contribution >= 4 is 39.8 Å². The number of ether oxygens (including phenoxy) is 1. The Balaban J connectivity index is 1.06. The van der Waals surface area contributed by atoms with E-state index >= 15 is 0 Å². The summed E-state index contributed by atoms with van der Waals surface area (Å²) in [6.45, 7) is 4.78. The molecule has 0 radical (unpaired) electrons. The molecule has 0 amide bonds. The molecular formula is C51H43N3O. The summed E-state index contributed by atoms with van der Waals surface area (Å²) in [6.07, 6.45) is 25.5. The van der Waals surface area contributed by atoms with Crippen molar-refractivity contribution in [3.63, 3.8) is 0 Å². The summed E-state index contributed by atoms with van der Waals surface area (Å²) in [5.41, 5.74) is 18.5. The van der Waals surface area contributed by atoms with Crippen LogP contribution in [0.5, 0.6) is 0 Å². The monoisotopic (exact) mass is 713 g/mol. The molecule has 1 unspecified atom stereocenters. The van der Waals surface area contributed by atoms with Crippen molar-refractivity contribution in [2.45, 2.75) is 77.0 Å². The molecule has 1 aliphatic heterocycles. The first kappa shape index (κ1) is 31.6. The molecule has 1 atom stereocenters. The maximum Gasteiger partial charge on any atom is 0.235 e. The molecule has 0 saturated carbocycles. The molecule has 268 valence electrons. The van der Waals surface area contributed by atoms with Crippen LogP contribution in [0.1, 0.15) is 92.4 Å². The highest BCUT2D eigenvalue weighted by Gasteiger charge is 2.39. The van der Waals surface area contributed by atoms with E-state index in [0.29, 0.717) is 5.92 Å². The minimum Gasteiger partial charge on any atom is -0.464 e. The highest BCUT2D eigenvalue weighted by molar-refractivity contribution is 6.02. The molecule has 12 rings (SSSR count). The van der Waals surface area contributed by atoms with Gasteiger partial charge in [-0.2, -0.15) is 0 Å². The first-order valence-electron chi connectivity index (χ1n) is 20.4. The normalized spacial score (nSPS) is 21.1. The topological polar surface area (TPSA) is 39.9 Å². The smallest absolute Gasteiger partial charge is 0.235 e. The molecule has 55 heavy (non-hydrogen) atoms. The summed E-state index contributed by atoms with van der Waals surface area (Å²) in [5.74, 6) is 3.38. The molecule has 3 aromatic carbocycles. The third-order valence-corrected chi connectivity index (χ3v) is 13.5. The summed E-state index contributed by atoms with van der Waals surface area (Å²) < 4.78 is 9.10. The molecule has 0 N–H and O–H groups in total. The molecule has 0 bridgehead atoms. The third kappa shape index (κ3) is 4.51. The minimum atomic E-state index is -0.0381. The van der Waals surface area contributed by atoms with E-state index in [9.17, 15) is 0 Å². The average molecular weight is 714 g/mol. The van der Waals surface area contributed by atoms with Crippen molar-refractivity contribution in [3.8, 4) is 17.1 Å². The highest BCUT2D eigenvalue weighted by Crippen LogP contribution is 2.52. The lowest BCUT2D eigenvalue weighted by Gasteiger charge is -2.26. The Hall–Kier alpha value is -5.74. The van der Waals surface area contributed by atoms with Crippen molar-refractivity contribution in [2.75, 3.05) is 0 Å². The van der Waals surface area contributed by atoms with Crippen molar-refractivity contribution in [1.82, 2.24) is 14.5 Å². The van der Waals surface area contributed by atoms with Gasteiger partial charge in [0.1, 0.15) is 11.5 Å². The van der Waals surface area contributed by atoms with Crippen LogP contribution in [0.2, 0.25) is 0 Å². The van der Waals surface area contributed by atoms with E-state index in [0.717, 1.165) is 80.5 Å². The van der Waals surface area contributed by atoms with E-state index < -0.39 is 0 Å². The Kier molecular flexibility index (Phi) is 6.68. The van der Waals surface area contributed by atoms with Gasteiger partial charge in [0.05, 0.1) is 16.6 Å². The number of nitrogens with zero attached hydrogens (tertiary/aromatic N) is 3. The molecule has 4 heteroatoms. The molecule has 0 saturated heterocycles. The lowest BCUT2D eigenvalue weighted by molar-refractivity contribution is 0.294. The minimum absolute atomic E-state index is 0.0381. The van der Waals surface area contributed by atoms with Crippen LogP contribution >= 0.6 is 0 Å². The first-order chi connectivity index (χ1) is 27.0. The van der Waals surface area contributed by atoms with Gasteiger partial charge in [-0.25, -0.2) is 9.97 Å². The molecule has 7 aliphatic rings. The van der Waals surface area contributed by atoms with Crippen LogP contribution in [0.25, 0.3) is 56.8 Å². The lowest BCUT2D eigenvalue weighted by atomic mass is 9.78. The summed E-state index contributed by atoms with van der Waals surface area (Å²) >= 11 is 0. The number of aryl methyl sites for hydroxylation is 1. The average Bonchev–Trinajstić information content (AvgIpc) is 3.86. The first-order valence-corrected chi connectivity index (χ1v) is 20.4. The van der Waals surface area contributed by atoms with E-state index in [-0.39, 0.29) is 5.41 Å². The molecule has 0 spiro atoms. The fraction of sp³-hybridized carbons (Fsp3) is 0.255. The molecule has 2 aromatic heterocycles. The fourth-order valence-corrected chi connectivity index (χ4v) is 10.9. The van der Waals surface area contributed by atoms with Gasteiger partial charge in [-0.05, 0) is 108 Å². The third-order valence-electron chi connectivity index (χ3n) is 13.5. The molecule has 0 fully saturated rings. The fourth-order valence-electron chi connectivity index (χ4n) is 10.9. The van der Waals surface area contributed by atoms with Gasteiger partial charge in [0.15, 0.2) is 0 Å². The van der Waals surface area contributed by atoms with Crippen molar-refractivity contribution in [1.29, 1.82) is 0 Å². The Bertz CT molecular complexity index is 2900. The van der Waals surface area contributed by atoms with Crippen molar-refractivity contribution in [3.05, 3.63) is 164 Å². The van der Waals surface area contributed by atoms with E-state index in [1.807, 2.05) is 0 Å². The van der Waals surface area contributed by atoms with Crippen LogP contribution in [0.4, 0.5) is 0 Å². The standard InChI is InChI=1S/C51H43N3O/c1-51(2)41-19-8-5-14-35(41)36-25-22-32(29-42(36)51)48-39-16-6-9-20-43(39)52-50(53-48)54-44-26-24-31(28-40(44)47-33-13-4-3-12-30(33)23-27-45(47)54)34-17-11-18-38-37-15-7-10-21-46(37)55-49(34)38/h3-5,7-8,11-17,19-20,24,26,28-29,38H,6,9-10,18,21-23,25,27H2,1-2H3. The predicted molar refractivity (Wildman–Crippen MR) is 223 cm³/mol. The Morgan fingerprint density at radius 2 is 1.67 bits per heavy atom. The van der Waals surface area contributed by atoms with Crippen molar-refractivity contribution in [2.24, 2.45) is 5.92 Å². The van der Waals surface area contributed by atoms with E-state index in [1.165, 1.54) is 88.8 Å². The van der Waals surface area contributed by atoms with Gasteiger partial charge in [0.25, 0.3) is 0 Å². The second kappa shape index (κ2) is 11.6. The number of hydrogen-bond acceptors (Lipinski definition) is 3. The van der Waals surface area contributed by atoms with Gasteiger partial charge in [-0.1, -0.05) is 111 Å². The van der Waals surface area contributed by atoms with E-state index in [4.69, 9.17) is 14.7 Å². The van der Waals surface area contributed by atoms with Crippen LogP contribution in [-0.2, 0) is 23.0 Å². The molecular weight excluding hydrogens is 671 g/mol. The van der Waals surface area contributed by atoms with Gasteiger partial charge in [0.2, 0.25) is 5.95 Å². The maximum absolute atomic E-state index is 6.69. The number of hydrogen-bond donors (Lipinski definition) is 0. The van der Waals surface area contributed by atoms with Gasteiger partial charge in [0, 0.05) is 50.8 Å². The summed E-state index contributed by atoms with van der Waals surface area (Å²) in [4.78, 5) is 11.1. The number of benzene rings is 3. The van der Waals surface area contributed by atoms with Crippen LogP contribution < -0.4 is 10.6 Å². The largest absolute Gasteiger partial charge is 0.464 e. The van der Waals surface area contributed by atoms with Crippen LogP contribution in [0.3, 0.4) is 0 Å². The van der Waals surface area contributed by atoms with Crippen LogP contribution in [-0.4, -0.2) is 14.5 Å². The van der Waals surface area contributed by atoms with Gasteiger partial charge < -0.3 is 4.74 Å². The zero-order valence-electron chi connectivity index (χ0n) is 31.6. The zero-order valence-corrected chi connectivity index (χ0v) is 31.6. The Morgan fingerprint density at radius 3 is 2.62 bits per heavy atom. The molecule has 5 aromatic rings. The number of fused-ring (bicyclic) bond motifs is 10. The highest BCUT2D eigenvalue weighted by atomic mass is 16.5. The van der Waals surface area contributed by atoms with Gasteiger partial charge in [-0.3, -0.25) is 4.57 Å². The van der Waals surface area contributed by atoms with E-state index in [2.05, 4.69) is 128 Å². The molecule has 6 aliphatic carbocycles. The molecule has 3 heterocycles. The second-order valence-corrected chi connectivity index (χ2v) is 16.8. The van der Waals surface area contributed by atoms with Crippen LogP contribution in [0, 0.1) is 5.92 Å². The lowest BCUT2D eigenvalue weighted by Crippen LogP contribution is -2.36.